The molecule has 0 saturated heterocycles. The molecule has 0 fully saturated rings. The van der Waals surface area contributed by atoms with Crippen LogP contribution in [0.1, 0.15) is 25.0 Å². The molecule has 0 aliphatic heterocycles. The molecule has 2 aromatic rings. The number of nitrogens with zero attached hydrogens (tertiary/aromatic N) is 3. The minimum atomic E-state index is -0.287. The van der Waals surface area contributed by atoms with Crippen LogP contribution in [0.4, 0.5) is 4.39 Å². The number of hydrogen-bond donors (Lipinski definition) is 0. The highest BCUT2D eigenvalue weighted by Crippen LogP contribution is 2.28. The topological polar surface area (TPSA) is 21.1 Å². The van der Waals surface area contributed by atoms with Crippen LogP contribution in [-0.2, 0) is 6.54 Å². The van der Waals surface area contributed by atoms with E-state index in [1.54, 1.807) is 6.07 Å². The number of aromatic nitrogens is 2. The largest absolute Gasteiger partial charge is 0.325 e. The van der Waals surface area contributed by atoms with Crippen molar-refractivity contribution in [3.05, 3.63) is 28.2 Å². The third-order valence-electron chi connectivity index (χ3n) is 3.50. The van der Waals surface area contributed by atoms with E-state index < -0.39 is 0 Å². The fourth-order valence-corrected chi connectivity index (χ4v) is 2.56. The maximum atomic E-state index is 13.8. The van der Waals surface area contributed by atoms with Crippen molar-refractivity contribution < 1.29 is 4.39 Å². The first-order chi connectivity index (χ1) is 9.31. The molecule has 1 heterocycles. The van der Waals surface area contributed by atoms with Gasteiger partial charge in [0.1, 0.15) is 11.6 Å². The average molecular weight is 363 g/mol. The van der Waals surface area contributed by atoms with Crippen LogP contribution in [-0.4, -0.2) is 34.6 Å². The van der Waals surface area contributed by atoms with E-state index in [0.717, 1.165) is 23.4 Å². The number of halogens is 3. The predicted molar refractivity (Wildman–Crippen MR) is 84.8 cm³/mol. The lowest BCUT2D eigenvalue weighted by Gasteiger charge is -2.22. The summed E-state index contributed by atoms with van der Waals surface area (Å²) < 4.78 is 16.2. The smallest absolute Gasteiger partial charge is 0.139 e. The molecule has 0 bridgehead atoms. The molecular formula is C14H18BrClFN3. The molecule has 20 heavy (non-hydrogen) atoms. The number of imidazole rings is 1. The van der Waals surface area contributed by atoms with Crippen LogP contribution in [0.3, 0.4) is 0 Å². The first-order valence-corrected chi connectivity index (χ1v) is 7.70. The van der Waals surface area contributed by atoms with Gasteiger partial charge in [0, 0.05) is 18.7 Å². The van der Waals surface area contributed by atoms with Crippen molar-refractivity contribution in [3.63, 3.8) is 0 Å². The monoisotopic (exact) mass is 361 g/mol. The average Bonchev–Trinajstić information content (AvgIpc) is 2.68. The maximum Gasteiger partial charge on any atom is 0.139 e. The van der Waals surface area contributed by atoms with E-state index in [9.17, 15) is 4.39 Å². The molecule has 2 unspecified atom stereocenters. The van der Waals surface area contributed by atoms with Crippen molar-refractivity contribution in [1.82, 2.24) is 14.5 Å². The summed E-state index contributed by atoms with van der Waals surface area (Å²) in [6.07, 6.45) is 0. The van der Waals surface area contributed by atoms with Crippen LogP contribution in [0.5, 0.6) is 0 Å². The number of benzene rings is 1. The van der Waals surface area contributed by atoms with Gasteiger partial charge >= 0.3 is 0 Å². The molecule has 0 spiro atoms. The molecule has 0 radical (unpaired) electrons. The summed E-state index contributed by atoms with van der Waals surface area (Å²) >= 11 is 9.42. The van der Waals surface area contributed by atoms with Crippen LogP contribution in [0, 0.1) is 5.82 Å². The quantitative estimate of drug-likeness (QED) is 0.761. The summed E-state index contributed by atoms with van der Waals surface area (Å²) in [6, 6.07) is 3.51. The van der Waals surface area contributed by atoms with Crippen molar-refractivity contribution in [2.24, 2.45) is 0 Å². The Balaban J connectivity index is 2.59. The Bertz CT molecular complexity index is 624. The van der Waals surface area contributed by atoms with Gasteiger partial charge in [0.15, 0.2) is 0 Å². The molecule has 0 N–H and O–H groups in total. The first-order valence-electron chi connectivity index (χ1n) is 6.47. The van der Waals surface area contributed by atoms with Gasteiger partial charge in [-0.3, -0.25) is 0 Å². The van der Waals surface area contributed by atoms with E-state index in [2.05, 4.69) is 32.7 Å². The second-order valence-electron chi connectivity index (χ2n) is 5.26. The van der Waals surface area contributed by atoms with E-state index in [1.807, 2.05) is 25.6 Å². The van der Waals surface area contributed by atoms with Crippen LogP contribution >= 0.6 is 27.5 Å². The van der Waals surface area contributed by atoms with Crippen LogP contribution < -0.4 is 0 Å². The van der Waals surface area contributed by atoms with Gasteiger partial charge in [-0.1, -0.05) is 0 Å². The fourth-order valence-electron chi connectivity index (χ4n) is 2.06. The summed E-state index contributed by atoms with van der Waals surface area (Å²) in [5.74, 6) is 0.484. The lowest BCUT2D eigenvalue weighted by atomic mass is 10.2. The summed E-state index contributed by atoms with van der Waals surface area (Å²) in [7, 11) is 4.04. The molecule has 0 aliphatic carbocycles. The minimum Gasteiger partial charge on any atom is -0.325 e. The van der Waals surface area contributed by atoms with Gasteiger partial charge in [0.05, 0.1) is 20.9 Å². The number of hydrogen-bond acceptors (Lipinski definition) is 2. The third-order valence-corrected chi connectivity index (χ3v) is 4.31. The molecule has 1 aromatic carbocycles. The SMILES string of the molecule is CC(Cl)c1nc2cc(Br)c(F)cc2n1CC(C)N(C)C. The van der Waals surface area contributed by atoms with Crippen LogP contribution in [0.25, 0.3) is 11.0 Å². The molecule has 3 nitrogen and oxygen atoms in total. The zero-order chi connectivity index (χ0) is 15.0. The van der Waals surface area contributed by atoms with Gasteiger partial charge in [-0.05, 0) is 49.9 Å². The summed E-state index contributed by atoms with van der Waals surface area (Å²) in [5.41, 5.74) is 1.54. The van der Waals surface area contributed by atoms with E-state index in [4.69, 9.17) is 11.6 Å². The molecule has 0 aliphatic rings. The van der Waals surface area contributed by atoms with E-state index in [1.165, 1.54) is 6.07 Å². The van der Waals surface area contributed by atoms with Crippen LogP contribution in [0.15, 0.2) is 16.6 Å². The number of fused-ring (bicyclic) bond motifs is 1. The van der Waals surface area contributed by atoms with Gasteiger partial charge < -0.3 is 9.47 Å². The lowest BCUT2D eigenvalue weighted by molar-refractivity contribution is 0.284. The summed E-state index contributed by atoms with van der Waals surface area (Å²) in [5, 5.41) is -0.224. The first kappa shape index (κ1) is 15.7. The van der Waals surface area contributed by atoms with Crippen LogP contribution in [0.2, 0.25) is 0 Å². The van der Waals surface area contributed by atoms with Crippen molar-refractivity contribution in [2.75, 3.05) is 14.1 Å². The predicted octanol–water partition coefficient (Wildman–Crippen LogP) is 4.19. The second-order valence-corrected chi connectivity index (χ2v) is 6.77. The summed E-state index contributed by atoms with van der Waals surface area (Å²) in [6.45, 7) is 4.71. The molecule has 0 saturated carbocycles. The second kappa shape index (κ2) is 6.00. The van der Waals surface area contributed by atoms with Gasteiger partial charge in [0.25, 0.3) is 0 Å². The highest BCUT2D eigenvalue weighted by Gasteiger charge is 2.19. The van der Waals surface area contributed by atoms with Crippen molar-refractivity contribution in [1.29, 1.82) is 0 Å². The van der Waals surface area contributed by atoms with Gasteiger partial charge in [-0.25, -0.2) is 9.37 Å². The van der Waals surface area contributed by atoms with E-state index >= 15 is 0 Å². The molecule has 110 valence electrons. The Labute approximate surface area is 131 Å². The van der Waals surface area contributed by atoms with Crippen molar-refractivity contribution >= 4 is 38.6 Å². The molecule has 0 amide bonds. The standard InChI is InChI=1S/C14H18BrClFN3/c1-8(19(3)4)7-20-13-6-11(17)10(15)5-12(13)18-14(20)9(2)16/h5-6,8-9H,7H2,1-4H3. The van der Waals surface area contributed by atoms with E-state index in [-0.39, 0.29) is 11.2 Å². The normalized spacial score (nSPS) is 15.0. The molecule has 6 heteroatoms. The Hall–Kier alpha value is -0.650. The lowest BCUT2D eigenvalue weighted by Crippen LogP contribution is -2.29. The highest BCUT2D eigenvalue weighted by atomic mass is 79.9. The third kappa shape index (κ3) is 3.00. The molecular weight excluding hydrogens is 345 g/mol. The Morgan fingerprint density at radius 1 is 1.40 bits per heavy atom. The Morgan fingerprint density at radius 2 is 2.05 bits per heavy atom. The number of likely N-dealkylation sites (N-methyl/N-ethyl adjacent to an activating group) is 1. The maximum absolute atomic E-state index is 13.8. The number of alkyl halides is 1. The number of rotatable bonds is 4. The van der Waals surface area contributed by atoms with Gasteiger partial charge in [-0.15, -0.1) is 11.6 Å². The zero-order valence-electron chi connectivity index (χ0n) is 12.0. The fraction of sp³-hybridized carbons (Fsp3) is 0.500. The minimum absolute atomic E-state index is 0.224. The van der Waals surface area contributed by atoms with Crippen molar-refractivity contribution in [2.45, 2.75) is 31.8 Å². The van der Waals surface area contributed by atoms with Crippen molar-refractivity contribution in [3.8, 4) is 0 Å². The Morgan fingerprint density at radius 3 is 2.60 bits per heavy atom. The molecule has 1 aromatic heterocycles. The van der Waals surface area contributed by atoms with E-state index in [0.29, 0.717) is 10.5 Å². The molecule has 2 rings (SSSR count). The summed E-state index contributed by atoms with van der Waals surface area (Å²) in [4.78, 5) is 6.66. The molecule has 2 atom stereocenters. The van der Waals surface area contributed by atoms with Gasteiger partial charge in [-0.2, -0.15) is 0 Å². The Kier molecular flexibility index (Phi) is 4.72. The zero-order valence-corrected chi connectivity index (χ0v) is 14.3. The highest BCUT2D eigenvalue weighted by molar-refractivity contribution is 9.10. The van der Waals surface area contributed by atoms with Gasteiger partial charge in [0.2, 0.25) is 0 Å².